The van der Waals surface area contributed by atoms with Crippen molar-refractivity contribution < 1.29 is 5.11 Å². The Labute approximate surface area is 85.5 Å². The Kier molecular flexibility index (Phi) is 2.06. The minimum Gasteiger partial charge on any atom is -0.507 e. The molecule has 13 heavy (non-hydrogen) atoms. The maximum Gasteiger partial charge on any atom is 0.123 e. The first-order valence-corrected chi connectivity index (χ1v) is 4.51. The van der Waals surface area contributed by atoms with E-state index in [0.717, 1.165) is 10.8 Å². The summed E-state index contributed by atoms with van der Waals surface area (Å²) in [5, 5.41) is 12.0. The number of phenols is 1. The second-order valence-corrected chi connectivity index (χ2v) is 3.58. The van der Waals surface area contributed by atoms with Gasteiger partial charge in [-0.1, -0.05) is 35.3 Å². The van der Waals surface area contributed by atoms with Gasteiger partial charge in [0.2, 0.25) is 0 Å². The highest BCUT2D eigenvalue weighted by Gasteiger charge is 2.03. The van der Waals surface area contributed by atoms with Crippen LogP contribution in [0.25, 0.3) is 10.8 Å². The normalized spacial score (nSPS) is 10.6. The number of aromatic hydroxyl groups is 1. The van der Waals surface area contributed by atoms with Crippen LogP contribution in [0.1, 0.15) is 0 Å². The third-order valence-corrected chi connectivity index (χ3v) is 2.62. The monoisotopic (exact) mass is 212 g/mol. The molecule has 1 N–H and O–H groups in total. The number of hydrogen-bond acceptors (Lipinski definition) is 1. The smallest absolute Gasteiger partial charge is 0.123 e. The molecule has 2 aromatic carbocycles. The molecule has 66 valence electrons. The van der Waals surface area contributed by atoms with Crippen LogP contribution in [-0.4, -0.2) is 5.11 Å². The Morgan fingerprint density at radius 1 is 1.00 bits per heavy atom. The summed E-state index contributed by atoms with van der Waals surface area (Å²) in [6, 6.07) is 8.65. The van der Waals surface area contributed by atoms with E-state index in [4.69, 9.17) is 23.2 Å². The molecular weight excluding hydrogens is 207 g/mol. The van der Waals surface area contributed by atoms with Crippen LogP contribution in [0, 0.1) is 0 Å². The number of rotatable bonds is 0. The highest BCUT2D eigenvalue weighted by molar-refractivity contribution is 6.42. The maximum absolute atomic E-state index is 9.48. The molecule has 0 heterocycles. The van der Waals surface area contributed by atoms with Crippen LogP contribution in [0.3, 0.4) is 0 Å². The quantitative estimate of drug-likeness (QED) is 0.704. The van der Waals surface area contributed by atoms with Gasteiger partial charge in [0, 0.05) is 5.39 Å². The molecule has 1 nitrogen and oxygen atoms in total. The zero-order valence-electron chi connectivity index (χ0n) is 6.59. The molecule has 2 aromatic rings. The number of halogens is 2. The van der Waals surface area contributed by atoms with Crippen molar-refractivity contribution in [2.24, 2.45) is 0 Å². The summed E-state index contributed by atoms with van der Waals surface area (Å²) in [6.07, 6.45) is 0. The summed E-state index contributed by atoms with van der Waals surface area (Å²) in [4.78, 5) is 0. The second-order valence-electron chi connectivity index (χ2n) is 2.76. The van der Waals surface area contributed by atoms with Gasteiger partial charge in [-0.15, -0.1) is 0 Å². The van der Waals surface area contributed by atoms with Gasteiger partial charge in [0.1, 0.15) is 5.75 Å². The molecule has 3 heteroatoms. The van der Waals surface area contributed by atoms with Gasteiger partial charge in [0.25, 0.3) is 0 Å². The van der Waals surface area contributed by atoms with E-state index in [2.05, 4.69) is 0 Å². The molecule has 0 radical (unpaired) electrons. The van der Waals surface area contributed by atoms with E-state index in [0.29, 0.717) is 10.0 Å². The van der Waals surface area contributed by atoms with Crippen molar-refractivity contribution in [1.82, 2.24) is 0 Å². The largest absolute Gasteiger partial charge is 0.507 e. The van der Waals surface area contributed by atoms with Crippen LogP contribution in [0.5, 0.6) is 5.75 Å². The van der Waals surface area contributed by atoms with Crippen molar-refractivity contribution in [3.63, 3.8) is 0 Å². The van der Waals surface area contributed by atoms with Gasteiger partial charge < -0.3 is 5.11 Å². The van der Waals surface area contributed by atoms with Gasteiger partial charge in [-0.05, 0) is 23.6 Å². The predicted molar refractivity (Wildman–Crippen MR) is 55.6 cm³/mol. The molecule has 0 saturated carbocycles. The summed E-state index contributed by atoms with van der Waals surface area (Å²) >= 11 is 11.6. The molecule has 0 unspecified atom stereocenters. The zero-order chi connectivity index (χ0) is 9.42. The fourth-order valence-corrected chi connectivity index (χ4v) is 1.59. The average molecular weight is 213 g/mol. The molecule has 0 fully saturated rings. The average Bonchev–Trinajstić information content (AvgIpc) is 2.09. The second kappa shape index (κ2) is 3.09. The van der Waals surface area contributed by atoms with E-state index < -0.39 is 0 Å². The Morgan fingerprint density at radius 3 is 2.46 bits per heavy atom. The molecule has 2 rings (SSSR count). The lowest BCUT2D eigenvalue weighted by Crippen LogP contribution is -1.75. The molecule has 0 amide bonds. The van der Waals surface area contributed by atoms with E-state index in [-0.39, 0.29) is 5.75 Å². The first-order chi connectivity index (χ1) is 6.18. The Hall–Kier alpha value is -0.920. The highest BCUT2D eigenvalue weighted by Crippen LogP contribution is 2.32. The van der Waals surface area contributed by atoms with Crippen LogP contribution < -0.4 is 0 Å². The van der Waals surface area contributed by atoms with Gasteiger partial charge in [-0.3, -0.25) is 0 Å². The fraction of sp³-hybridized carbons (Fsp3) is 0. The van der Waals surface area contributed by atoms with Gasteiger partial charge >= 0.3 is 0 Å². The Bertz CT molecular complexity index is 466. The van der Waals surface area contributed by atoms with Crippen molar-refractivity contribution in [1.29, 1.82) is 0 Å². The number of phenolic OH excluding ortho intramolecular Hbond substituents is 1. The minimum atomic E-state index is 0.219. The fourth-order valence-electron chi connectivity index (χ4n) is 1.25. The lowest BCUT2D eigenvalue weighted by molar-refractivity contribution is 0.481. The van der Waals surface area contributed by atoms with Gasteiger partial charge in [-0.25, -0.2) is 0 Å². The SMILES string of the molecule is Oc1cccc2cc(Cl)c(Cl)cc12. The first kappa shape index (κ1) is 8.67. The van der Waals surface area contributed by atoms with Crippen LogP contribution in [0.4, 0.5) is 0 Å². The van der Waals surface area contributed by atoms with E-state index in [1.54, 1.807) is 24.3 Å². The van der Waals surface area contributed by atoms with Crippen LogP contribution in [0.2, 0.25) is 10.0 Å². The van der Waals surface area contributed by atoms with Crippen molar-refractivity contribution >= 4 is 34.0 Å². The molecule has 0 aliphatic carbocycles. The molecule has 0 spiro atoms. The number of fused-ring (bicyclic) bond motifs is 1. The van der Waals surface area contributed by atoms with E-state index in [9.17, 15) is 5.11 Å². The molecule has 0 aliphatic heterocycles. The molecule has 0 atom stereocenters. The van der Waals surface area contributed by atoms with Crippen LogP contribution >= 0.6 is 23.2 Å². The van der Waals surface area contributed by atoms with Crippen molar-refractivity contribution in [2.45, 2.75) is 0 Å². The molecular formula is C10H6Cl2O. The minimum absolute atomic E-state index is 0.219. The molecule has 0 saturated heterocycles. The van der Waals surface area contributed by atoms with Gasteiger partial charge in [0.15, 0.2) is 0 Å². The molecule has 0 aliphatic rings. The Morgan fingerprint density at radius 2 is 1.69 bits per heavy atom. The predicted octanol–water partition coefficient (Wildman–Crippen LogP) is 3.85. The lowest BCUT2D eigenvalue weighted by Gasteiger charge is -2.02. The van der Waals surface area contributed by atoms with Crippen molar-refractivity contribution in [2.75, 3.05) is 0 Å². The third-order valence-electron chi connectivity index (χ3n) is 1.90. The lowest BCUT2D eigenvalue weighted by atomic mass is 10.1. The maximum atomic E-state index is 9.48. The van der Waals surface area contributed by atoms with Crippen LogP contribution in [-0.2, 0) is 0 Å². The third kappa shape index (κ3) is 1.45. The molecule has 0 aromatic heterocycles. The summed E-state index contributed by atoms with van der Waals surface area (Å²) in [5.74, 6) is 0.219. The van der Waals surface area contributed by atoms with E-state index in [1.807, 2.05) is 6.07 Å². The summed E-state index contributed by atoms with van der Waals surface area (Å²) in [6.45, 7) is 0. The summed E-state index contributed by atoms with van der Waals surface area (Å²) in [5.41, 5.74) is 0. The number of benzene rings is 2. The molecule has 0 bridgehead atoms. The number of hydrogen-bond donors (Lipinski definition) is 1. The van der Waals surface area contributed by atoms with Crippen LogP contribution in [0.15, 0.2) is 30.3 Å². The topological polar surface area (TPSA) is 20.2 Å². The van der Waals surface area contributed by atoms with Gasteiger partial charge in [0.05, 0.1) is 10.0 Å². The summed E-state index contributed by atoms with van der Waals surface area (Å²) < 4.78 is 0. The summed E-state index contributed by atoms with van der Waals surface area (Å²) in [7, 11) is 0. The first-order valence-electron chi connectivity index (χ1n) is 3.75. The highest BCUT2D eigenvalue weighted by atomic mass is 35.5. The van der Waals surface area contributed by atoms with Crippen molar-refractivity contribution in [3.8, 4) is 5.75 Å². The Balaban J connectivity index is 2.89. The van der Waals surface area contributed by atoms with Crippen molar-refractivity contribution in [3.05, 3.63) is 40.4 Å². The van der Waals surface area contributed by atoms with E-state index >= 15 is 0 Å². The van der Waals surface area contributed by atoms with E-state index in [1.165, 1.54) is 0 Å². The zero-order valence-corrected chi connectivity index (χ0v) is 8.10. The standard InChI is InChI=1S/C10H6Cl2O/c11-8-4-6-2-1-3-10(13)7(6)5-9(8)12/h1-5,13H. The van der Waals surface area contributed by atoms with Gasteiger partial charge in [-0.2, -0.15) is 0 Å².